The van der Waals surface area contributed by atoms with Gasteiger partial charge in [-0.3, -0.25) is 0 Å². The summed E-state index contributed by atoms with van der Waals surface area (Å²) in [5, 5.41) is 0. The average Bonchev–Trinajstić information content (AvgIpc) is 2.79. The molecule has 0 bridgehead atoms. The molecule has 0 saturated carbocycles. The van der Waals surface area contributed by atoms with Crippen LogP contribution < -0.4 is 0 Å². The Kier molecular flexibility index (Phi) is 6.80. The number of aryl methyl sites for hydroxylation is 1. The highest BCUT2D eigenvalue weighted by molar-refractivity contribution is 5.82. The number of carbonyl (C=O) groups excluding carboxylic acids is 1. The molecule has 100 valence electrons. The lowest BCUT2D eigenvalue weighted by Gasteiger charge is -1.93. The molecule has 1 aromatic rings. The van der Waals surface area contributed by atoms with Crippen LogP contribution in [0.3, 0.4) is 0 Å². The zero-order valence-corrected chi connectivity index (χ0v) is 11.3. The van der Waals surface area contributed by atoms with Crippen molar-refractivity contribution in [2.24, 2.45) is 7.05 Å². The molecule has 3 nitrogen and oxygen atoms in total. The number of hydrogen-bond acceptors (Lipinski definition) is 2. The van der Waals surface area contributed by atoms with Crippen LogP contribution in [0.15, 0.2) is 60.9 Å². The Morgan fingerprint density at radius 3 is 2.53 bits per heavy atom. The Morgan fingerprint density at radius 2 is 1.89 bits per heavy atom. The Morgan fingerprint density at radius 1 is 1.21 bits per heavy atom. The van der Waals surface area contributed by atoms with Crippen LogP contribution >= 0.6 is 0 Å². The minimum Gasteiger partial charge on any atom is -0.463 e. The van der Waals surface area contributed by atoms with E-state index in [1.807, 2.05) is 60.3 Å². The quantitative estimate of drug-likeness (QED) is 0.445. The molecule has 0 fully saturated rings. The molecule has 0 N–H and O–H groups in total. The van der Waals surface area contributed by atoms with Crippen molar-refractivity contribution in [3.05, 3.63) is 66.6 Å². The van der Waals surface area contributed by atoms with Crippen LogP contribution in [-0.2, 0) is 16.6 Å². The Labute approximate surface area is 114 Å². The molecule has 0 atom stereocenters. The summed E-state index contributed by atoms with van der Waals surface area (Å²) in [6.07, 6.45) is 16.5. The lowest BCUT2D eigenvalue weighted by Crippen LogP contribution is -1.98. The summed E-state index contributed by atoms with van der Waals surface area (Å²) in [4.78, 5) is 11.0. The highest BCUT2D eigenvalue weighted by Crippen LogP contribution is 2.01. The lowest BCUT2D eigenvalue weighted by atomic mass is 10.3. The first-order valence-corrected chi connectivity index (χ1v) is 6.20. The summed E-state index contributed by atoms with van der Waals surface area (Å²) >= 11 is 0. The van der Waals surface area contributed by atoms with Crippen molar-refractivity contribution in [1.82, 2.24) is 4.57 Å². The van der Waals surface area contributed by atoms with Crippen LogP contribution in [0.2, 0.25) is 0 Å². The van der Waals surface area contributed by atoms with Crippen molar-refractivity contribution in [3.63, 3.8) is 0 Å². The second-order valence-electron chi connectivity index (χ2n) is 3.78. The van der Waals surface area contributed by atoms with Crippen molar-refractivity contribution >= 4 is 12.0 Å². The first-order chi connectivity index (χ1) is 9.24. The number of esters is 1. The van der Waals surface area contributed by atoms with E-state index < -0.39 is 0 Å². The van der Waals surface area contributed by atoms with E-state index in [1.165, 1.54) is 6.08 Å². The van der Waals surface area contributed by atoms with E-state index >= 15 is 0 Å². The number of hydrogen-bond donors (Lipinski definition) is 0. The van der Waals surface area contributed by atoms with Gasteiger partial charge in [0.25, 0.3) is 0 Å². The van der Waals surface area contributed by atoms with Crippen LogP contribution in [-0.4, -0.2) is 17.1 Å². The van der Waals surface area contributed by atoms with Crippen LogP contribution in [0, 0.1) is 0 Å². The van der Waals surface area contributed by atoms with Gasteiger partial charge >= 0.3 is 5.97 Å². The zero-order chi connectivity index (χ0) is 13.9. The summed E-state index contributed by atoms with van der Waals surface area (Å²) in [5.41, 5.74) is 1.15. The minimum atomic E-state index is -0.320. The number of ether oxygens (including phenoxy) is 1. The van der Waals surface area contributed by atoms with Gasteiger partial charge in [0.15, 0.2) is 0 Å². The topological polar surface area (TPSA) is 31.2 Å². The number of nitrogens with zero attached hydrogens (tertiary/aromatic N) is 1. The fraction of sp³-hybridized carbons (Fsp3) is 0.188. The van der Waals surface area contributed by atoms with Crippen LogP contribution in [0.5, 0.6) is 0 Å². The summed E-state index contributed by atoms with van der Waals surface area (Å²) in [7, 11) is 2.00. The van der Waals surface area contributed by atoms with E-state index in [-0.39, 0.29) is 5.97 Å². The van der Waals surface area contributed by atoms with E-state index in [2.05, 4.69) is 0 Å². The molecule has 1 rings (SSSR count). The highest BCUT2D eigenvalue weighted by atomic mass is 16.5. The summed E-state index contributed by atoms with van der Waals surface area (Å²) in [5.74, 6) is -0.320. The summed E-state index contributed by atoms with van der Waals surface area (Å²) < 4.78 is 6.79. The monoisotopic (exact) mass is 257 g/mol. The smallest absolute Gasteiger partial charge is 0.330 e. The molecule has 1 heterocycles. The molecule has 0 aliphatic carbocycles. The molecular formula is C16H19NO2. The third-order valence-electron chi connectivity index (χ3n) is 2.33. The first kappa shape index (κ1) is 14.8. The van der Waals surface area contributed by atoms with E-state index in [1.54, 1.807) is 19.1 Å². The van der Waals surface area contributed by atoms with Crippen molar-refractivity contribution in [1.29, 1.82) is 0 Å². The second-order valence-corrected chi connectivity index (χ2v) is 3.78. The van der Waals surface area contributed by atoms with E-state index in [0.717, 1.165) is 5.69 Å². The lowest BCUT2D eigenvalue weighted by molar-refractivity contribution is -0.137. The summed E-state index contributed by atoms with van der Waals surface area (Å²) in [6, 6.07) is 4.05. The molecule has 1 aromatic heterocycles. The van der Waals surface area contributed by atoms with E-state index in [9.17, 15) is 4.79 Å². The predicted molar refractivity (Wildman–Crippen MR) is 78.5 cm³/mol. The standard InChI is InChI=1S/C16H19NO2/c1-3-19-16(18)13-9-7-5-4-6-8-11-15-12-10-14-17(15)2/h4-14H,3H2,1-2H3/b6-4+,7-5+,11-8+,13-9+. The number of rotatable bonds is 6. The maximum atomic E-state index is 11.0. The van der Waals surface area contributed by atoms with Gasteiger partial charge in [-0.1, -0.05) is 36.5 Å². The van der Waals surface area contributed by atoms with Gasteiger partial charge in [-0.15, -0.1) is 0 Å². The molecule has 0 unspecified atom stereocenters. The highest BCUT2D eigenvalue weighted by Gasteiger charge is 1.89. The summed E-state index contributed by atoms with van der Waals surface area (Å²) in [6.45, 7) is 2.18. The molecule has 0 saturated heterocycles. The van der Waals surface area contributed by atoms with Gasteiger partial charge in [0.05, 0.1) is 6.61 Å². The predicted octanol–water partition coefficient (Wildman–Crippen LogP) is 3.27. The van der Waals surface area contributed by atoms with Gasteiger partial charge in [-0.25, -0.2) is 4.79 Å². The maximum absolute atomic E-state index is 11.0. The van der Waals surface area contributed by atoms with Crippen molar-refractivity contribution in [2.75, 3.05) is 6.61 Å². The van der Waals surface area contributed by atoms with Crippen LogP contribution in [0.25, 0.3) is 6.08 Å². The Bertz CT molecular complexity index is 505. The molecule has 19 heavy (non-hydrogen) atoms. The third-order valence-corrected chi connectivity index (χ3v) is 2.33. The first-order valence-electron chi connectivity index (χ1n) is 6.20. The molecule has 0 radical (unpaired) electrons. The largest absolute Gasteiger partial charge is 0.463 e. The van der Waals surface area contributed by atoms with Gasteiger partial charge in [-0.05, 0) is 25.1 Å². The molecule has 0 amide bonds. The fourth-order valence-electron chi connectivity index (χ4n) is 1.38. The van der Waals surface area contributed by atoms with Crippen LogP contribution in [0.1, 0.15) is 12.6 Å². The zero-order valence-electron chi connectivity index (χ0n) is 11.3. The average molecular weight is 257 g/mol. The SMILES string of the molecule is CCOC(=O)/C=C/C=C/C=C/C=C/c1cccn1C. The minimum absolute atomic E-state index is 0.320. The normalized spacial score (nSPS) is 12.3. The Balaban J connectivity index is 2.32. The maximum Gasteiger partial charge on any atom is 0.330 e. The fourth-order valence-corrected chi connectivity index (χ4v) is 1.38. The molecule has 0 aromatic carbocycles. The molecule has 3 heteroatoms. The number of carbonyl (C=O) groups is 1. The molecular weight excluding hydrogens is 238 g/mol. The van der Waals surface area contributed by atoms with Crippen LogP contribution in [0.4, 0.5) is 0 Å². The van der Waals surface area contributed by atoms with Gasteiger partial charge < -0.3 is 9.30 Å². The number of allylic oxidation sites excluding steroid dienone is 6. The third kappa shape index (κ3) is 6.27. The van der Waals surface area contributed by atoms with Gasteiger partial charge in [0.2, 0.25) is 0 Å². The molecule has 0 aliphatic rings. The van der Waals surface area contributed by atoms with Gasteiger partial charge in [0, 0.05) is 25.0 Å². The second kappa shape index (κ2) is 8.75. The van der Waals surface area contributed by atoms with Gasteiger partial charge in [-0.2, -0.15) is 0 Å². The van der Waals surface area contributed by atoms with E-state index in [0.29, 0.717) is 6.61 Å². The van der Waals surface area contributed by atoms with Crippen molar-refractivity contribution in [3.8, 4) is 0 Å². The molecule has 0 spiro atoms. The molecule has 0 aliphatic heterocycles. The van der Waals surface area contributed by atoms with Crippen molar-refractivity contribution < 1.29 is 9.53 Å². The number of aromatic nitrogens is 1. The van der Waals surface area contributed by atoms with Gasteiger partial charge in [0.1, 0.15) is 0 Å². The van der Waals surface area contributed by atoms with Crippen molar-refractivity contribution in [2.45, 2.75) is 6.92 Å². The van der Waals surface area contributed by atoms with E-state index in [4.69, 9.17) is 4.74 Å². The Hall–Kier alpha value is -2.29.